The van der Waals surface area contributed by atoms with E-state index in [1.807, 2.05) is 0 Å². The summed E-state index contributed by atoms with van der Waals surface area (Å²) < 4.78 is 5.18. The molecule has 0 aliphatic rings. The van der Waals surface area contributed by atoms with Crippen molar-refractivity contribution in [2.24, 2.45) is 0 Å². The molecule has 7 heteroatoms. The van der Waals surface area contributed by atoms with Crippen LogP contribution in [0.5, 0.6) is 5.75 Å². The fourth-order valence-corrected chi connectivity index (χ4v) is 2.06. The maximum Gasteiger partial charge on any atom is 0.335 e. The third-order valence-electron chi connectivity index (χ3n) is 2.85. The van der Waals surface area contributed by atoms with Gasteiger partial charge in [0.2, 0.25) is 0 Å². The Balaban J connectivity index is 2.68. The van der Waals surface area contributed by atoms with Crippen LogP contribution in [0.2, 0.25) is 5.02 Å². The summed E-state index contributed by atoms with van der Waals surface area (Å²) in [6, 6.07) is 8.41. The number of nitro benzene ring substituents is 1. The Labute approximate surface area is 124 Å². The average Bonchev–Trinajstić information content (AvgIpc) is 2.46. The second-order valence-electron chi connectivity index (χ2n) is 4.18. The number of methoxy groups -OCH3 is 1. The van der Waals surface area contributed by atoms with Crippen LogP contribution in [0.25, 0.3) is 11.1 Å². The van der Waals surface area contributed by atoms with Gasteiger partial charge in [0.1, 0.15) is 5.75 Å². The zero-order chi connectivity index (χ0) is 15.6. The second-order valence-corrected chi connectivity index (χ2v) is 4.61. The Morgan fingerprint density at radius 3 is 2.57 bits per heavy atom. The highest BCUT2D eigenvalue weighted by atomic mass is 35.5. The minimum absolute atomic E-state index is 0.170. The second kappa shape index (κ2) is 5.80. The van der Waals surface area contributed by atoms with Gasteiger partial charge >= 0.3 is 5.97 Å². The lowest BCUT2D eigenvalue weighted by atomic mass is 10.0. The quantitative estimate of drug-likeness (QED) is 0.688. The highest BCUT2D eigenvalue weighted by Gasteiger charge is 2.16. The monoisotopic (exact) mass is 307 g/mol. The number of halogens is 1. The van der Waals surface area contributed by atoms with Crippen LogP contribution < -0.4 is 4.74 Å². The molecule has 0 fully saturated rings. The lowest BCUT2D eigenvalue weighted by Crippen LogP contribution is -1.99. The summed E-state index contributed by atoms with van der Waals surface area (Å²) in [6.07, 6.45) is 0. The number of carbonyl (C=O) groups is 1. The predicted molar refractivity (Wildman–Crippen MR) is 77.1 cm³/mol. The SMILES string of the molecule is COc1cc(Cl)ccc1-c1cc(C(=O)O)cc([N+](=O)[O-])c1. The van der Waals surface area contributed by atoms with Crippen molar-refractivity contribution >= 4 is 23.3 Å². The highest BCUT2D eigenvalue weighted by molar-refractivity contribution is 6.30. The third kappa shape index (κ3) is 3.11. The standard InChI is InChI=1S/C14H10ClNO5/c1-21-13-7-10(15)2-3-12(13)8-4-9(14(17)18)6-11(5-8)16(19)20/h2-7H,1H3,(H,17,18). The smallest absolute Gasteiger partial charge is 0.335 e. The molecule has 1 N–H and O–H groups in total. The molecule has 0 radical (unpaired) electrons. The van der Waals surface area contributed by atoms with Gasteiger partial charge in [0, 0.05) is 22.7 Å². The summed E-state index contributed by atoms with van der Waals surface area (Å²) in [4.78, 5) is 21.4. The summed E-state index contributed by atoms with van der Waals surface area (Å²) in [7, 11) is 1.44. The molecule has 21 heavy (non-hydrogen) atoms. The first-order valence-electron chi connectivity index (χ1n) is 5.79. The lowest BCUT2D eigenvalue weighted by Gasteiger charge is -2.10. The molecule has 0 saturated heterocycles. The van der Waals surface area contributed by atoms with Gasteiger partial charge in [-0.15, -0.1) is 0 Å². The molecule has 0 atom stereocenters. The summed E-state index contributed by atoms with van der Waals surface area (Å²) >= 11 is 5.86. The molecular weight excluding hydrogens is 298 g/mol. The number of benzene rings is 2. The molecule has 0 aliphatic heterocycles. The molecule has 2 rings (SSSR count). The maximum atomic E-state index is 11.1. The number of hydrogen-bond acceptors (Lipinski definition) is 4. The van der Waals surface area contributed by atoms with Crippen molar-refractivity contribution in [1.82, 2.24) is 0 Å². The molecular formula is C14H10ClNO5. The molecule has 6 nitrogen and oxygen atoms in total. The highest BCUT2D eigenvalue weighted by Crippen LogP contribution is 2.34. The molecule has 0 aliphatic carbocycles. The molecule has 2 aromatic rings. The van der Waals surface area contributed by atoms with Crippen molar-refractivity contribution in [2.75, 3.05) is 7.11 Å². The van der Waals surface area contributed by atoms with Crippen molar-refractivity contribution in [3.8, 4) is 16.9 Å². The molecule has 0 heterocycles. The van der Waals surface area contributed by atoms with E-state index in [4.69, 9.17) is 21.4 Å². The van der Waals surface area contributed by atoms with Crippen LogP contribution in [0.15, 0.2) is 36.4 Å². The first-order chi connectivity index (χ1) is 9.92. The summed E-state index contributed by atoms with van der Waals surface area (Å²) in [6.45, 7) is 0. The van der Waals surface area contributed by atoms with Crippen molar-refractivity contribution in [3.05, 3.63) is 57.1 Å². The number of nitro groups is 1. The van der Waals surface area contributed by atoms with Crippen LogP contribution >= 0.6 is 11.6 Å². The van der Waals surface area contributed by atoms with Crippen LogP contribution in [0, 0.1) is 10.1 Å². The summed E-state index contributed by atoms with van der Waals surface area (Å²) in [5, 5.41) is 20.4. The van der Waals surface area contributed by atoms with Crippen molar-refractivity contribution in [2.45, 2.75) is 0 Å². The minimum Gasteiger partial charge on any atom is -0.496 e. The van der Waals surface area contributed by atoms with Gasteiger partial charge in [-0.25, -0.2) is 4.79 Å². The van der Waals surface area contributed by atoms with E-state index < -0.39 is 10.9 Å². The topological polar surface area (TPSA) is 89.7 Å². The number of non-ortho nitro benzene ring substituents is 1. The zero-order valence-corrected chi connectivity index (χ0v) is 11.6. The van der Waals surface area contributed by atoms with Crippen LogP contribution in [-0.4, -0.2) is 23.1 Å². The Hall–Kier alpha value is -2.60. The van der Waals surface area contributed by atoms with E-state index in [1.54, 1.807) is 18.2 Å². The fraction of sp³-hybridized carbons (Fsp3) is 0.0714. The summed E-state index contributed by atoms with van der Waals surface area (Å²) in [5.74, 6) is -0.841. The normalized spacial score (nSPS) is 10.2. The van der Waals surface area contributed by atoms with E-state index in [-0.39, 0.29) is 11.3 Å². The van der Waals surface area contributed by atoms with Gasteiger partial charge < -0.3 is 9.84 Å². The van der Waals surface area contributed by atoms with E-state index in [2.05, 4.69) is 0 Å². The molecule has 0 saturated carbocycles. The van der Waals surface area contributed by atoms with Crippen LogP contribution in [-0.2, 0) is 0 Å². The van der Waals surface area contributed by atoms with Gasteiger partial charge in [-0.3, -0.25) is 10.1 Å². The molecule has 2 aromatic carbocycles. The largest absolute Gasteiger partial charge is 0.496 e. The van der Waals surface area contributed by atoms with E-state index in [0.717, 1.165) is 6.07 Å². The van der Waals surface area contributed by atoms with E-state index in [9.17, 15) is 14.9 Å². The van der Waals surface area contributed by atoms with E-state index in [1.165, 1.54) is 19.2 Å². The zero-order valence-electron chi connectivity index (χ0n) is 10.9. The van der Waals surface area contributed by atoms with Crippen molar-refractivity contribution in [3.63, 3.8) is 0 Å². The Morgan fingerprint density at radius 1 is 1.29 bits per heavy atom. The van der Waals surface area contributed by atoms with Crippen molar-refractivity contribution in [1.29, 1.82) is 0 Å². The van der Waals surface area contributed by atoms with Gasteiger partial charge in [-0.05, 0) is 29.8 Å². The number of nitrogens with zero attached hydrogens (tertiary/aromatic N) is 1. The Kier molecular flexibility index (Phi) is 4.09. The third-order valence-corrected chi connectivity index (χ3v) is 3.09. The minimum atomic E-state index is -1.24. The molecule has 0 aromatic heterocycles. The van der Waals surface area contributed by atoms with Gasteiger partial charge in [0.25, 0.3) is 5.69 Å². The lowest BCUT2D eigenvalue weighted by molar-refractivity contribution is -0.384. The van der Waals surface area contributed by atoms with Gasteiger partial charge in [0.15, 0.2) is 0 Å². The number of hydrogen-bond donors (Lipinski definition) is 1. The summed E-state index contributed by atoms with van der Waals surface area (Å²) in [5.41, 5.74) is 0.418. The average molecular weight is 308 g/mol. The first kappa shape index (κ1) is 14.8. The van der Waals surface area contributed by atoms with Crippen LogP contribution in [0.3, 0.4) is 0 Å². The molecule has 0 amide bonds. The Bertz CT molecular complexity index is 697. The number of ether oxygens (including phenoxy) is 1. The van der Waals surface area contributed by atoms with Crippen LogP contribution in [0.4, 0.5) is 5.69 Å². The number of carboxylic acid groups (broad SMARTS) is 1. The predicted octanol–water partition coefficient (Wildman–Crippen LogP) is 3.62. The van der Waals surface area contributed by atoms with Gasteiger partial charge in [-0.2, -0.15) is 0 Å². The van der Waals surface area contributed by atoms with Gasteiger partial charge in [0.05, 0.1) is 17.6 Å². The maximum absolute atomic E-state index is 11.1. The fourth-order valence-electron chi connectivity index (χ4n) is 1.90. The first-order valence-corrected chi connectivity index (χ1v) is 6.17. The van der Waals surface area contributed by atoms with E-state index in [0.29, 0.717) is 21.9 Å². The molecule has 0 spiro atoms. The van der Waals surface area contributed by atoms with Gasteiger partial charge in [-0.1, -0.05) is 11.6 Å². The molecule has 0 bridgehead atoms. The molecule has 0 unspecified atom stereocenters. The Morgan fingerprint density at radius 2 is 2.00 bits per heavy atom. The molecule has 108 valence electrons. The van der Waals surface area contributed by atoms with Crippen molar-refractivity contribution < 1.29 is 19.6 Å². The number of rotatable bonds is 4. The number of carboxylic acids is 1. The number of aromatic carboxylic acids is 1. The van der Waals surface area contributed by atoms with Crippen LogP contribution in [0.1, 0.15) is 10.4 Å². The van der Waals surface area contributed by atoms with E-state index >= 15 is 0 Å².